The molecule has 0 heterocycles. The molecule has 0 aromatic heterocycles. The van der Waals surface area contributed by atoms with Gasteiger partial charge in [-0.1, -0.05) is 29.8 Å². The Morgan fingerprint density at radius 2 is 2.11 bits per heavy atom. The number of benzene rings is 1. The Morgan fingerprint density at radius 3 is 2.72 bits per heavy atom. The lowest BCUT2D eigenvalue weighted by atomic mass is 10.1. The number of nitrogen functional groups attached to an aromatic ring is 1. The van der Waals surface area contributed by atoms with E-state index in [-0.39, 0.29) is 0 Å². The van der Waals surface area contributed by atoms with Gasteiger partial charge in [0.25, 0.3) is 0 Å². The summed E-state index contributed by atoms with van der Waals surface area (Å²) in [5.74, 6) is 1.13. The van der Waals surface area contributed by atoms with Gasteiger partial charge in [-0.05, 0) is 30.5 Å². The average molecular weight is 334 g/mol. The standard InChI is InChI=1S/C13H20BrNO2S/c1-10(2)5-6-17-7-8-18(16)13-4-3-11(14)9-12(13)15/h3-4,9-10H,5-8,15H2,1-2H3. The third-order valence-corrected chi connectivity index (χ3v) is 4.36. The van der Waals surface area contributed by atoms with Crippen LogP contribution in [0.25, 0.3) is 0 Å². The van der Waals surface area contributed by atoms with E-state index in [0.29, 0.717) is 28.9 Å². The Balaban J connectivity index is 2.36. The molecule has 0 saturated heterocycles. The number of rotatable bonds is 7. The Hall–Kier alpha value is -0.390. The first-order chi connectivity index (χ1) is 8.50. The van der Waals surface area contributed by atoms with Gasteiger partial charge in [0, 0.05) is 16.8 Å². The zero-order chi connectivity index (χ0) is 13.5. The Bertz CT molecular complexity index is 410. The summed E-state index contributed by atoms with van der Waals surface area (Å²) in [4.78, 5) is 0.686. The van der Waals surface area contributed by atoms with Crippen molar-refractivity contribution in [2.24, 2.45) is 5.92 Å². The average Bonchev–Trinajstić information content (AvgIpc) is 2.27. The van der Waals surface area contributed by atoms with Crippen LogP contribution >= 0.6 is 15.9 Å². The fourth-order valence-electron chi connectivity index (χ4n) is 1.39. The summed E-state index contributed by atoms with van der Waals surface area (Å²) < 4.78 is 18.4. The van der Waals surface area contributed by atoms with Crippen LogP contribution in [-0.4, -0.2) is 23.2 Å². The van der Waals surface area contributed by atoms with E-state index in [9.17, 15) is 4.21 Å². The molecule has 0 aliphatic rings. The van der Waals surface area contributed by atoms with Crippen molar-refractivity contribution in [3.63, 3.8) is 0 Å². The van der Waals surface area contributed by atoms with Crippen molar-refractivity contribution in [3.8, 4) is 0 Å². The van der Waals surface area contributed by atoms with E-state index in [1.165, 1.54) is 0 Å². The van der Waals surface area contributed by atoms with Gasteiger partial charge in [0.15, 0.2) is 0 Å². The summed E-state index contributed by atoms with van der Waals surface area (Å²) in [6.45, 7) is 5.55. The summed E-state index contributed by atoms with van der Waals surface area (Å²) in [7, 11) is -1.09. The second-order valence-electron chi connectivity index (χ2n) is 4.53. The number of hydrogen-bond acceptors (Lipinski definition) is 3. The molecule has 0 aliphatic heterocycles. The lowest BCUT2D eigenvalue weighted by Gasteiger charge is -2.08. The molecular formula is C13H20BrNO2S. The van der Waals surface area contributed by atoms with Crippen molar-refractivity contribution in [1.29, 1.82) is 0 Å². The molecule has 0 aliphatic carbocycles. The highest BCUT2D eigenvalue weighted by molar-refractivity contribution is 9.10. The summed E-state index contributed by atoms with van der Waals surface area (Å²) in [6, 6.07) is 5.42. The van der Waals surface area contributed by atoms with Crippen molar-refractivity contribution >= 4 is 32.4 Å². The van der Waals surface area contributed by atoms with Crippen LogP contribution in [0.4, 0.5) is 5.69 Å². The molecule has 5 heteroatoms. The van der Waals surface area contributed by atoms with E-state index < -0.39 is 10.8 Å². The molecule has 1 aromatic rings. The molecule has 1 rings (SSSR count). The highest BCUT2D eigenvalue weighted by Crippen LogP contribution is 2.21. The monoisotopic (exact) mass is 333 g/mol. The molecule has 0 saturated carbocycles. The zero-order valence-electron chi connectivity index (χ0n) is 10.8. The summed E-state index contributed by atoms with van der Waals surface area (Å²) in [5.41, 5.74) is 6.39. The maximum absolute atomic E-state index is 12.0. The molecule has 3 nitrogen and oxygen atoms in total. The number of nitrogens with two attached hydrogens (primary N) is 1. The van der Waals surface area contributed by atoms with Gasteiger partial charge in [0.2, 0.25) is 0 Å². The van der Waals surface area contributed by atoms with Crippen molar-refractivity contribution in [2.45, 2.75) is 25.2 Å². The molecule has 0 bridgehead atoms. The molecule has 1 atom stereocenters. The van der Waals surface area contributed by atoms with Gasteiger partial charge in [-0.15, -0.1) is 0 Å². The van der Waals surface area contributed by atoms with Crippen molar-refractivity contribution in [3.05, 3.63) is 22.7 Å². The van der Waals surface area contributed by atoms with Crippen LogP contribution < -0.4 is 5.73 Å². The maximum atomic E-state index is 12.0. The number of hydrogen-bond donors (Lipinski definition) is 1. The third kappa shape index (κ3) is 5.50. The van der Waals surface area contributed by atoms with Crippen molar-refractivity contribution < 1.29 is 8.95 Å². The number of halogens is 1. The van der Waals surface area contributed by atoms with Crippen LogP contribution in [-0.2, 0) is 15.5 Å². The zero-order valence-corrected chi connectivity index (χ0v) is 13.2. The van der Waals surface area contributed by atoms with E-state index in [0.717, 1.165) is 17.5 Å². The van der Waals surface area contributed by atoms with Gasteiger partial charge in [0.05, 0.1) is 28.1 Å². The SMILES string of the molecule is CC(C)CCOCCS(=O)c1ccc(Br)cc1N. The van der Waals surface area contributed by atoms with Crippen molar-refractivity contribution in [1.82, 2.24) is 0 Å². The predicted molar refractivity (Wildman–Crippen MR) is 80.1 cm³/mol. The molecule has 2 N–H and O–H groups in total. The highest BCUT2D eigenvalue weighted by atomic mass is 79.9. The Morgan fingerprint density at radius 1 is 1.39 bits per heavy atom. The van der Waals surface area contributed by atoms with Crippen LogP contribution in [0.15, 0.2) is 27.6 Å². The number of ether oxygens (including phenoxy) is 1. The van der Waals surface area contributed by atoms with Crippen molar-refractivity contribution in [2.75, 3.05) is 24.7 Å². The first-order valence-corrected chi connectivity index (χ1v) is 8.13. The summed E-state index contributed by atoms with van der Waals surface area (Å²) in [6.07, 6.45) is 1.03. The van der Waals surface area contributed by atoms with Gasteiger partial charge in [-0.2, -0.15) is 0 Å². The normalized spacial score (nSPS) is 12.9. The Kier molecular flexibility index (Phi) is 6.89. The molecule has 0 fully saturated rings. The Labute approximate surface area is 120 Å². The highest BCUT2D eigenvalue weighted by Gasteiger charge is 2.08. The van der Waals surface area contributed by atoms with E-state index in [2.05, 4.69) is 29.8 Å². The first kappa shape index (κ1) is 15.7. The summed E-state index contributed by atoms with van der Waals surface area (Å²) >= 11 is 3.33. The second kappa shape index (κ2) is 7.92. The molecular weight excluding hydrogens is 314 g/mol. The molecule has 1 unspecified atom stereocenters. The predicted octanol–water partition coefficient (Wildman–Crippen LogP) is 3.20. The van der Waals surface area contributed by atoms with Gasteiger partial charge in [-0.25, -0.2) is 0 Å². The fraction of sp³-hybridized carbons (Fsp3) is 0.538. The minimum absolute atomic E-state index is 0.490. The number of anilines is 1. The molecule has 18 heavy (non-hydrogen) atoms. The van der Waals surface area contributed by atoms with Crippen LogP contribution in [0.1, 0.15) is 20.3 Å². The van der Waals surface area contributed by atoms with E-state index in [4.69, 9.17) is 10.5 Å². The first-order valence-electron chi connectivity index (χ1n) is 6.02. The van der Waals surface area contributed by atoms with Gasteiger partial charge in [-0.3, -0.25) is 4.21 Å². The fourth-order valence-corrected chi connectivity index (χ4v) is 2.80. The van der Waals surface area contributed by atoms with Gasteiger partial charge < -0.3 is 10.5 Å². The van der Waals surface area contributed by atoms with Crippen LogP contribution in [0, 0.1) is 5.92 Å². The quantitative estimate of drug-likeness (QED) is 0.615. The third-order valence-electron chi connectivity index (χ3n) is 2.47. The molecule has 102 valence electrons. The van der Waals surface area contributed by atoms with Crippen LogP contribution in [0.5, 0.6) is 0 Å². The molecule has 0 radical (unpaired) electrons. The topological polar surface area (TPSA) is 52.3 Å². The largest absolute Gasteiger partial charge is 0.398 e. The summed E-state index contributed by atoms with van der Waals surface area (Å²) in [5, 5.41) is 0. The molecule has 1 aromatic carbocycles. The minimum atomic E-state index is -1.09. The van der Waals surface area contributed by atoms with Gasteiger partial charge in [0.1, 0.15) is 0 Å². The van der Waals surface area contributed by atoms with Crippen LogP contribution in [0.2, 0.25) is 0 Å². The van der Waals surface area contributed by atoms with Crippen LogP contribution in [0.3, 0.4) is 0 Å². The lowest BCUT2D eigenvalue weighted by Crippen LogP contribution is -2.09. The van der Waals surface area contributed by atoms with E-state index in [1.807, 2.05) is 6.07 Å². The maximum Gasteiger partial charge on any atom is 0.0619 e. The minimum Gasteiger partial charge on any atom is -0.398 e. The smallest absolute Gasteiger partial charge is 0.0619 e. The molecule has 0 spiro atoms. The lowest BCUT2D eigenvalue weighted by molar-refractivity contribution is 0.138. The van der Waals surface area contributed by atoms with E-state index >= 15 is 0 Å². The van der Waals surface area contributed by atoms with E-state index in [1.54, 1.807) is 12.1 Å². The molecule has 0 amide bonds. The van der Waals surface area contributed by atoms with Gasteiger partial charge >= 0.3 is 0 Å². The second-order valence-corrected chi connectivity index (χ2v) is 6.98.